The van der Waals surface area contributed by atoms with E-state index in [4.69, 9.17) is 23.2 Å². The molecule has 2 aromatic carbocycles. The minimum atomic E-state index is -3.43. The van der Waals surface area contributed by atoms with Crippen LogP contribution in [-0.4, -0.2) is 31.7 Å². The fourth-order valence-corrected chi connectivity index (χ4v) is 5.06. The molecular weight excluding hydrogens is 419 g/mol. The fourth-order valence-electron chi connectivity index (χ4n) is 3.19. The number of sulfonamides is 1. The lowest BCUT2D eigenvalue weighted by molar-refractivity contribution is -0.120. The molecule has 1 aliphatic rings. The van der Waals surface area contributed by atoms with Crippen molar-refractivity contribution >= 4 is 44.8 Å². The highest BCUT2D eigenvalue weighted by atomic mass is 35.5. The SMILES string of the molecule is Cc1ccc(NC(=O)C2CCN(S(=O)(=O)Cc3ccc(Cl)cc3)CC2)cc1Cl. The summed E-state index contributed by atoms with van der Waals surface area (Å²) in [4.78, 5) is 12.5. The first-order chi connectivity index (χ1) is 13.2. The Morgan fingerprint density at radius 2 is 1.75 bits per heavy atom. The quantitative estimate of drug-likeness (QED) is 0.744. The van der Waals surface area contributed by atoms with Crippen molar-refractivity contribution in [1.29, 1.82) is 0 Å². The first-order valence-electron chi connectivity index (χ1n) is 9.04. The van der Waals surface area contributed by atoms with Crippen LogP contribution in [0.2, 0.25) is 10.0 Å². The van der Waals surface area contributed by atoms with Gasteiger partial charge >= 0.3 is 0 Å². The van der Waals surface area contributed by atoms with Crippen LogP contribution in [-0.2, 0) is 20.6 Å². The minimum absolute atomic E-state index is 0.0666. The molecule has 8 heteroatoms. The van der Waals surface area contributed by atoms with Gasteiger partial charge in [0.25, 0.3) is 0 Å². The van der Waals surface area contributed by atoms with Crippen LogP contribution in [0.3, 0.4) is 0 Å². The highest BCUT2D eigenvalue weighted by Gasteiger charge is 2.31. The molecule has 3 rings (SSSR count). The molecule has 0 aliphatic carbocycles. The zero-order valence-corrected chi connectivity index (χ0v) is 17.8. The maximum atomic E-state index is 12.7. The molecule has 0 unspecified atom stereocenters. The summed E-state index contributed by atoms with van der Waals surface area (Å²) >= 11 is 11.9. The van der Waals surface area contributed by atoms with E-state index in [0.29, 0.717) is 47.2 Å². The second-order valence-corrected chi connectivity index (χ2v) is 9.82. The second kappa shape index (κ2) is 8.82. The molecular formula is C20H22Cl2N2O3S. The molecule has 1 fully saturated rings. The molecule has 0 aromatic heterocycles. The Kier molecular flexibility index (Phi) is 6.65. The summed E-state index contributed by atoms with van der Waals surface area (Å²) in [5.41, 5.74) is 2.29. The monoisotopic (exact) mass is 440 g/mol. The van der Waals surface area contributed by atoms with E-state index < -0.39 is 10.0 Å². The van der Waals surface area contributed by atoms with Gasteiger partial charge in [0, 0.05) is 34.7 Å². The predicted octanol–water partition coefficient (Wildman–Crippen LogP) is 4.48. The number of amides is 1. The van der Waals surface area contributed by atoms with E-state index in [-0.39, 0.29) is 17.6 Å². The topological polar surface area (TPSA) is 66.5 Å². The standard InChI is InChI=1S/C20H22Cl2N2O3S/c1-14-2-7-18(12-19(14)22)23-20(25)16-8-10-24(11-9-16)28(26,27)13-15-3-5-17(21)6-4-15/h2-7,12,16H,8-11,13H2,1H3,(H,23,25). The minimum Gasteiger partial charge on any atom is -0.326 e. The van der Waals surface area contributed by atoms with Crippen molar-refractivity contribution in [3.8, 4) is 0 Å². The van der Waals surface area contributed by atoms with Gasteiger partial charge in [-0.2, -0.15) is 0 Å². The third kappa shape index (κ3) is 5.26. The first-order valence-corrected chi connectivity index (χ1v) is 11.4. The van der Waals surface area contributed by atoms with Crippen LogP contribution >= 0.6 is 23.2 Å². The normalized spacial score (nSPS) is 16.1. The Hall–Kier alpha value is -1.60. The number of carbonyl (C=O) groups is 1. The number of piperidine rings is 1. The fraction of sp³-hybridized carbons (Fsp3) is 0.350. The molecule has 1 N–H and O–H groups in total. The average molecular weight is 441 g/mol. The lowest BCUT2D eigenvalue weighted by atomic mass is 9.97. The largest absolute Gasteiger partial charge is 0.326 e. The van der Waals surface area contributed by atoms with Crippen LogP contribution in [0.4, 0.5) is 5.69 Å². The third-order valence-corrected chi connectivity index (χ3v) is 7.43. The number of aryl methyl sites for hydroxylation is 1. The predicted molar refractivity (Wildman–Crippen MR) is 113 cm³/mol. The molecule has 150 valence electrons. The summed E-state index contributed by atoms with van der Waals surface area (Å²) in [6.07, 6.45) is 0.983. The van der Waals surface area contributed by atoms with Gasteiger partial charge in [0.15, 0.2) is 0 Å². The van der Waals surface area contributed by atoms with Crippen molar-refractivity contribution in [1.82, 2.24) is 4.31 Å². The van der Waals surface area contributed by atoms with E-state index in [1.54, 1.807) is 30.3 Å². The van der Waals surface area contributed by atoms with Gasteiger partial charge in [0.2, 0.25) is 15.9 Å². The number of rotatable bonds is 5. The van der Waals surface area contributed by atoms with Crippen molar-refractivity contribution in [2.24, 2.45) is 5.92 Å². The molecule has 5 nitrogen and oxygen atoms in total. The average Bonchev–Trinajstić information content (AvgIpc) is 2.66. The molecule has 0 atom stereocenters. The molecule has 1 amide bonds. The molecule has 0 bridgehead atoms. The Morgan fingerprint density at radius 3 is 2.36 bits per heavy atom. The van der Waals surface area contributed by atoms with Crippen molar-refractivity contribution in [3.05, 3.63) is 63.6 Å². The Labute approximate surface area is 175 Å². The summed E-state index contributed by atoms with van der Waals surface area (Å²) in [6.45, 7) is 2.57. The van der Waals surface area contributed by atoms with Gasteiger partial charge in [0.05, 0.1) is 5.75 Å². The summed E-state index contributed by atoms with van der Waals surface area (Å²) in [7, 11) is -3.43. The molecule has 1 aliphatic heterocycles. The number of benzene rings is 2. The number of hydrogen-bond donors (Lipinski definition) is 1. The van der Waals surface area contributed by atoms with Gasteiger partial charge in [0.1, 0.15) is 0 Å². The molecule has 0 saturated carbocycles. The van der Waals surface area contributed by atoms with Crippen molar-refractivity contribution in [2.75, 3.05) is 18.4 Å². The number of carbonyl (C=O) groups excluding carboxylic acids is 1. The number of nitrogens with zero attached hydrogens (tertiary/aromatic N) is 1. The lowest BCUT2D eigenvalue weighted by Crippen LogP contribution is -2.41. The van der Waals surface area contributed by atoms with E-state index in [2.05, 4.69) is 5.32 Å². The van der Waals surface area contributed by atoms with Crippen LogP contribution in [0.25, 0.3) is 0 Å². The maximum Gasteiger partial charge on any atom is 0.227 e. The highest BCUT2D eigenvalue weighted by molar-refractivity contribution is 7.88. The van der Waals surface area contributed by atoms with E-state index in [9.17, 15) is 13.2 Å². The summed E-state index contributed by atoms with van der Waals surface area (Å²) in [6, 6.07) is 12.2. The van der Waals surface area contributed by atoms with Crippen molar-refractivity contribution < 1.29 is 13.2 Å². The number of hydrogen-bond acceptors (Lipinski definition) is 3. The van der Waals surface area contributed by atoms with E-state index in [1.165, 1.54) is 4.31 Å². The van der Waals surface area contributed by atoms with Gasteiger partial charge in [-0.3, -0.25) is 4.79 Å². The Morgan fingerprint density at radius 1 is 1.11 bits per heavy atom. The zero-order chi connectivity index (χ0) is 20.3. The Balaban J connectivity index is 1.56. The van der Waals surface area contributed by atoms with Crippen LogP contribution in [0.1, 0.15) is 24.0 Å². The first kappa shape index (κ1) is 21.1. The zero-order valence-electron chi connectivity index (χ0n) is 15.5. The molecule has 28 heavy (non-hydrogen) atoms. The van der Waals surface area contributed by atoms with Gasteiger partial charge in [-0.05, 0) is 55.2 Å². The van der Waals surface area contributed by atoms with E-state index in [1.807, 2.05) is 19.1 Å². The molecule has 2 aromatic rings. The van der Waals surface area contributed by atoms with Crippen molar-refractivity contribution in [3.63, 3.8) is 0 Å². The number of nitrogens with one attached hydrogen (secondary N) is 1. The van der Waals surface area contributed by atoms with E-state index >= 15 is 0 Å². The Bertz CT molecular complexity index is 954. The number of anilines is 1. The van der Waals surface area contributed by atoms with Crippen LogP contribution < -0.4 is 5.32 Å². The van der Waals surface area contributed by atoms with Crippen LogP contribution in [0.5, 0.6) is 0 Å². The molecule has 0 radical (unpaired) electrons. The van der Waals surface area contributed by atoms with Crippen molar-refractivity contribution in [2.45, 2.75) is 25.5 Å². The molecule has 0 spiro atoms. The number of halogens is 2. The third-order valence-electron chi connectivity index (χ3n) is 4.92. The van der Waals surface area contributed by atoms with Gasteiger partial charge < -0.3 is 5.32 Å². The smallest absolute Gasteiger partial charge is 0.227 e. The van der Waals surface area contributed by atoms with Crippen LogP contribution in [0.15, 0.2) is 42.5 Å². The summed E-state index contributed by atoms with van der Waals surface area (Å²) in [5.74, 6) is -0.389. The summed E-state index contributed by atoms with van der Waals surface area (Å²) < 4.78 is 26.8. The maximum absolute atomic E-state index is 12.7. The highest BCUT2D eigenvalue weighted by Crippen LogP contribution is 2.25. The second-order valence-electron chi connectivity index (χ2n) is 7.01. The van der Waals surface area contributed by atoms with E-state index in [0.717, 1.165) is 5.56 Å². The lowest BCUT2D eigenvalue weighted by Gasteiger charge is -2.30. The van der Waals surface area contributed by atoms with Gasteiger partial charge in [-0.15, -0.1) is 0 Å². The molecule has 1 saturated heterocycles. The van der Waals surface area contributed by atoms with Crippen LogP contribution in [0, 0.1) is 12.8 Å². The van der Waals surface area contributed by atoms with Gasteiger partial charge in [-0.1, -0.05) is 41.4 Å². The van der Waals surface area contributed by atoms with Gasteiger partial charge in [-0.25, -0.2) is 12.7 Å². The summed E-state index contributed by atoms with van der Waals surface area (Å²) in [5, 5.41) is 4.04. The molecule has 1 heterocycles.